The summed E-state index contributed by atoms with van der Waals surface area (Å²) < 4.78 is 10.2. The van der Waals surface area contributed by atoms with Crippen LogP contribution in [0.5, 0.6) is 0 Å². The minimum Gasteiger partial charge on any atom is -0.463 e. The van der Waals surface area contributed by atoms with E-state index in [0.717, 1.165) is 0 Å². The molecule has 21 heavy (non-hydrogen) atoms. The van der Waals surface area contributed by atoms with Gasteiger partial charge in [-0.2, -0.15) is 0 Å². The summed E-state index contributed by atoms with van der Waals surface area (Å²) >= 11 is 5.83. The number of nitrogens with zero attached hydrogens (tertiary/aromatic N) is 1. The predicted octanol–water partition coefficient (Wildman–Crippen LogP) is 2.89. The summed E-state index contributed by atoms with van der Waals surface area (Å²) in [6.45, 7) is 3.39. The van der Waals surface area contributed by atoms with Crippen LogP contribution in [0, 0.1) is 10.1 Å². The number of carbonyl (C=O) groups is 1. The van der Waals surface area contributed by atoms with Gasteiger partial charge in [-0.3, -0.25) is 10.1 Å². The Bertz CT molecular complexity index is 596. The van der Waals surface area contributed by atoms with E-state index in [0.29, 0.717) is 10.6 Å². The highest BCUT2D eigenvalue weighted by Gasteiger charge is 2.47. The van der Waals surface area contributed by atoms with Gasteiger partial charge in [-0.25, -0.2) is 4.79 Å². The SMILES string of the molecule is CCOC(=O)C1=C(C)O[C@H]([N+](=O)[O-])[C@H]1c1ccc(Cl)cc1. The fourth-order valence-electron chi connectivity index (χ4n) is 2.32. The molecule has 1 aromatic rings. The van der Waals surface area contributed by atoms with Gasteiger partial charge in [-0.15, -0.1) is 0 Å². The Balaban J connectivity index is 2.45. The van der Waals surface area contributed by atoms with Crippen LogP contribution in [-0.4, -0.2) is 23.7 Å². The van der Waals surface area contributed by atoms with Crippen molar-refractivity contribution in [1.29, 1.82) is 0 Å². The highest BCUT2D eigenvalue weighted by Crippen LogP contribution is 2.40. The zero-order chi connectivity index (χ0) is 15.6. The lowest BCUT2D eigenvalue weighted by atomic mass is 9.90. The number of esters is 1. The Morgan fingerprint density at radius 1 is 1.43 bits per heavy atom. The van der Waals surface area contributed by atoms with Crippen LogP contribution in [0.2, 0.25) is 5.02 Å². The van der Waals surface area contributed by atoms with Gasteiger partial charge in [0, 0.05) is 5.02 Å². The summed E-state index contributed by atoms with van der Waals surface area (Å²) in [7, 11) is 0. The van der Waals surface area contributed by atoms with Crippen LogP contribution in [0.3, 0.4) is 0 Å². The first-order valence-electron chi connectivity index (χ1n) is 6.39. The van der Waals surface area contributed by atoms with Crippen molar-refractivity contribution in [3.8, 4) is 0 Å². The van der Waals surface area contributed by atoms with Gasteiger partial charge in [0.05, 0.1) is 17.1 Å². The van der Waals surface area contributed by atoms with E-state index in [1.165, 1.54) is 6.92 Å². The van der Waals surface area contributed by atoms with E-state index in [4.69, 9.17) is 21.1 Å². The number of benzene rings is 1. The van der Waals surface area contributed by atoms with E-state index in [1.807, 2.05) is 0 Å². The van der Waals surface area contributed by atoms with Gasteiger partial charge in [0.2, 0.25) is 0 Å². The van der Waals surface area contributed by atoms with Crippen molar-refractivity contribution in [2.75, 3.05) is 6.61 Å². The molecule has 0 spiro atoms. The second-order valence-corrected chi connectivity index (χ2v) is 4.95. The normalized spacial score (nSPS) is 21.1. The van der Waals surface area contributed by atoms with Crippen LogP contribution in [0.15, 0.2) is 35.6 Å². The number of hydrogen-bond donors (Lipinski definition) is 0. The summed E-state index contributed by atoms with van der Waals surface area (Å²) in [5, 5.41) is 11.7. The molecule has 2 rings (SSSR count). The molecule has 1 aliphatic heterocycles. The largest absolute Gasteiger partial charge is 0.463 e. The molecule has 0 aromatic heterocycles. The molecule has 0 saturated heterocycles. The van der Waals surface area contributed by atoms with E-state index >= 15 is 0 Å². The number of ether oxygens (including phenoxy) is 2. The molecule has 0 aliphatic carbocycles. The summed E-state index contributed by atoms with van der Waals surface area (Å²) in [5.41, 5.74) is 0.766. The minimum atomic E-state index is -1.34. The highest BCUT2D eigenvalue weighted by atomic mass is 35.5. The Kier molecular flexibility index (Phi) is 4.47. The zero-order valence-corrected chi connectivity index (χ0v) is 12.3. The first-order valence-corrected chi connectivity index (χ1v) is 6.77. The maximum absolute atomic E-state index is 12.1. The van der Waals surface area contributed by atoms with Gasteiger partial charge in [-0.1, -0.05) is 23.7 Å². The Morgan fingerprint density at radius 3 is 2.57 bits per heavy atom. The number of rotatable bonds is 4. The van der Waals surface area contributed by atoms with Gasteiger partial charge in [-0.05, 0) is 31.5 Å². The lowest BCUT2D eigenvalue weighted by Crippen LogP contribution is -2.28. The van der Waals surface area contributed by atoms with Crippen LogP contribution >= 0.6 is 11.6 Å². The molecule has 0 radical (unpaired) electrons. The third-order valence-corrected chi connectivity index (χ3v) is 3.46. The molecule has 0 saturated carbocycles. The smallest absolute Gasteiger partial charge is 0.364 e. The van der Waals surface area contributed by atoms with E-state index in [-0.39, 0.29) is 17.9 Å². The molecule has 1 aliphatic rings. The fourth-order valence-corrected chi connectivity index (χ4v) is 2.45. The molecule has 1 aromatic carbocycles. The second kappa shape index (κ2) is 6.13. The van der Waals surface area contributed by atoms with E-state index < -0.39 is 23.0 Å². The lowest BCUT2D eigenvalue weighted by molar-refractivity contribution is -0.570. The van der Waals surface area contributed by atoms with Crippen molar-refractivity contribution in [2.24, 2.45) is 0 Å². The van der Waals surface area contributed by atoms with E-state index in [1.54, 1.807) is 31.2 Å². The summed E-state index contributed by atoms with van der Waals surface area (Å²) in [4.78, 5) is 22.7. The Labute approximate surface area is 126 Å². The minimum absolute atomic E-state index is 0.181. The number of allylic oxidation sites excluding steroid dienone is 1. The summed E-state index contributed by atoms with van der Waals surface area (Å²) in [6, 6.07) is 6.52. The lowest BCUT2D eigenvalue weighted by Gasteiger charge is -2.15. The topological polar surface area (TPSA) is 78.7 Å². The van der Waals surface area contributed by atoms with Crippen LogP contribution in [0.4, 0.5) is 0 Å². The number of carbonyl (C=O) groups excluding carboxylic acids is 1. The van der Waals surface area contributed by atoms with Crippen LogP contribution in [0.25, 0.3) is 0 Å². The monoisotopic (exact) mass is 311 g/mol. The first-order chi connectivity index (χ1) is 9.95. The maximum atomic E-state index is 12.1. The molecule has 0 fully saturated rings. The average molecular weight is 312 g/mol. The van der Waals surface area contributed by atoms with Crippen LogP contribution in [0.1, 0.15) is 25.3 Å². The van der Waals surface area contributed by atoms with Crippen molar-refractivity contribution in [3.05, 3.63) is 56.3 Å². The fraction of sp³-hybridized carbons (Fsp3) is 0.357. The quantitative estimate of drug-likeness (QED) is 0.485. The molecular formula is C14H14ClNO5. The highest BCUT2D eigenvalue weighted by molar-refractivity contribution is 6.30. The third-order valence-electron chi connectivity index (χ3n) is 3.21. The van der Waals surface area contributed by atoms with Gasteiger partial charge >= 0.3 is 12.2 Å². The van der Waals surface area contributed by atoms with Crippen LogP contribution in [-0.2, 0) is 14.3 Å². The predicted molar refractivity (Wildman–Crippen MR) is 75.4 cm³/mol. The van der Waals surface area contributed by atoms with Gasteiger partial charge in [0.1, 0.15) is 11.7 Å². The first kappa shape index (κ1) is 15.3. The van der Waals surface area contributed by atoms with Crippen LogP contribution < -0.4 is 0 Å². The maximum Gasteiger partial charge on any atom is 0.364 e. The average Bonchev–Trinajstić information content (AvgIpc) is 2.78. The van der Waals surface area contributed by atoms with E-state index in [2.05, 4.69) is 0 Å². The van der Waals surface area contributed by atoms with Crippen molar-refractivity contribution in [3.63, 3.8) is 0 Å². The van der Waals surface area contributed by atoms with Gasteiger partial charge < -0.3 is 9.47 Å². The Hall–Kier alpha value is -2.08. The molecule has 1 heterocycles. The van der Waals surface area contributed by atoms with E-state index in [9.17, 15) is 14.9 Å². The standard InChI is InChI=1S/C14H14ClNO5/c1-3-20-14(17)11-8(2)21-13(16(18)19)12(11)9-4-6-10(15)7-5-9/h4-7,12-13H,3H2,1-2H3/t12-,13-/m0/s1. The number of halogens is 1. The number of hydrogen-bond acceptors (Lipinski definition) is 5. The molecule has 7 heteroatoms. The summed E-state index contributed by atoms with van der Waals surface area (Å²) in [5.74, 6) is -1.19. The van der Waals surface area contributed by atoms with Gasteiger partial charge in [0.15, 0.2) is 0 Å². The Morgan fingerprint density at radius 2 is 2.05 bits per heavy atom. The third kappa shape index (κ3) is 3.00. The van der Waals surface area contributed by atoms with Crippen molar-refractivity contribution in [2.45, 2.75) is 26.0 Å². The van der Waals surface area contributed by atoms with Crippen molar-refractivity contribution in [1.82, 2.24) is 0 Å². The molecule has 0 bridgehead atoms. The van der Waals surface area contributed by atoms with Gasteiger partial charge in [0.25, 0.3) is 0 Å². The molecule has 2 atom stereocenters. The zero-order valence-electron chi connectivity index (χ0n) is 11.5. The van der Waals surface area contributed by atoms with Crippen molar-refractivity contribution >= 4 is 17.6 Å². The van der Waals surface area contributed by atoms with Crippen molar-refractivity contribution < 1.29 is 19.2 Å². The molecule has 0 N–H and O–H groups in total. The molecule has 0 unspecified atom stereocenters. The number of nitro groups is 1. The molecule has 0 amide bonds. The summed E-state index contributed by atoms with van der Waals surface area (Å²) in [6.07, 6.45) is -1.34. The molecular weight excluding hydrogens is 298 g/mol. The second-order valence-electron chi connectivity index (χ2n) is 4.51. The molecule has 6 nitrogen and oxygen atoms in total. The molecule has 112 valence electrons.